The van der Waals surface area contributed by atoms with Crippen LogP contribution >= 0.6 is 0 Å². The summed E-state index contributed by atoms with van der Waals surface area (Å²) in [6.45, 7) is 0. The predicted octanol–water partition coefficient (Wildman–Crippen LogP) is 14.4. The minimum absolute atomic E-state index is 0.359. The number of para-hydroxylation sites is 3. The van der Waals surface area contributed by atoms with Crippen molar-refractivity contribution in [2.75, 3.05) is 4.90 Å². The lowest BCUT2D eigenvalue weighted by Gasteiger charge is -2.42. The molecular formula is C56H36N4. The van der Waals surface area contributed by atoms with Gasteiger partial charge in [0, 0.05) is 38.1 Å². The normalized spacial score (nSPS) is 14.2. The molecule has 10 aromatic carbocycles. The Bertz CT molecular complexity index is 3730. The Morgan fingerprint density at radius 1 is 0.367 bits per heavy atom. The SMILES string of the molecule is c1ccc(-c2ccccc2N2C(c3cccc4ccccc34)=NC2n2c3ccccc3c3c(-n4c5ccccc5c5c6ccccc6ccc54)c4ccccc4cc32)cc1. The standard InChI is InChI=1S/C56H36N4/c1-2-17-37(18-3-1)41-24-10-13-30-47(41)60-55(44-29-16-22-36-19-4-7-23-40(36)44)57-56(60)59-49-32-15-12-28-46(49)53-51(59)35-39-21-6-9-26-43(39)54(53)58-48-31-14-11-27-45(48)52-42-25-8-5-20-38(42)33-34-50(52)58/h1-35,56H. The molecule has 1 aliphatic rings. The van der Waals surface area contributed by atoms with Crippen LogP contribution in [0.4, 0.5) is 5.69 Å². The van der Waals surface area contributed by atoms with Gasteiger partial charge in [-0.25, -0.2) is 4.99 Å². The lowest BCUT2D eigenvalue weighted by molar-refractivity contribution is 0.530. The van der Waals surface area contributed by atoms with Gasteiger partial charge in [-0.1, -0.05) is 182 Å². The molecule has 0 fully saturated rings. The van der Waals surface area contributed by atoms with Crippen molar-refractivity contribution in [3.8, 4) is 16.8 Å². The summed E-state index contributed by atoms with van der Waals surface area (Å²) in [7, 11) is 0. The van der Waals surface area contributed by atoms with Crippen LogP contribution in [0.1, 0.15) is 11.9 Å². The second-order valence-corrected chi connectivity index (χ2v) is 15.8. The minimum Gasteiger partial charge on any atom is -0.308 e. The van der Waals surface area contributed by atoms with Crippen LogP contribution in [-0.2, 0) is 0 Å². The zero-order chi connectivity index (χ0) is 39.3. The summed E-state index contributed by atoms with van der Waals surface area (Å²) in [5.41, 5.74) is 10.4. The lowest BCUT2D eigenvalue weighted by atomic mass is 9.99. The van der Waals surface area contributed by atoms with Crippen molar-refractivity contribution in [2.24, 2.45) is 4.99 Å². The van der Waals surface area contributed by atoms with Crippen LogP contribution in [0.5, 0.6) is 0 Å². The Labute approximate surface area is 346 Å². The van der Waals surface area contributed by atoms with Crippen LogP contribution < -0.4 is 4.90 Å². The second kappa shape index (κ2) is 12.8. The van der Waals surface area contributed by atoms with Gasteiger partial charge in [-0.15, -0.1) is 0 Å². The largest absolute Gasteiger partial charge is 0.308 e. The zero-order valence-electron chi connectivity index (χ0n) is 32.6. The number of rotatable bonds is 5. The summed E-state index contributed by atoms with van der Waals surface area (Å²) in [5.74, 6) is 0.960. The zero-order valence-corrected chi connectivity index (χ0v) is 32.6. The van der Waals surface area contributed by atoms with Crippen molar-refractivity contribution in [2.45, 2.75) is 6.29 Å². The second-order valence-electron chi connectivity index (χ2n) is 15.8. The maximum absolute atomic E-state index is 5.68. The molecule has 4 nitrogen and oxygen atoms in total. The first-order valence-corrected chi connectivity index (χ1v) is 20.7. The first-order chi connectivity index (χ1) is 29.8. The van der Waals surface area contributed by atoms with Gasteiger partial charge in [0.2, 0.25) is 6.29 Å². The quantitative estimate of drug-likeness (QED) is 0.171. The van der Waals surface area contributed by atoms with Crippen LogP contribution in [0.2, 0.25) is 0 Å². The molecule has 60 heavy (non-hydrogen) atoms. The highest BCUT2D eigenvalue weighted by Gasteiger charge is 2.39. The molecule has 12 aromatic rings. The molecule has 1 aliphatic heterocycles. The van der Waals surface area contributed by atoms with Gasteiger partial charge < -0.3 is 9.13 Å². The van der Waals surface area contributed by atoms with E-state index in [-0.39, 0.29) is 6.29 Å². The Balaban J connectivity index is 1.15. The van der Waals surface area contributed by atoms with Crippen LogP contribution in [0.15, 0.2) is 217 Å². The fraction of sp³-hybridized carbons (Fsp3) is 0.0179. The van der Waals surface area contributed by atoms with Crippen molar-refractivity contribution in [1.29, 1.82) is 0 Å². The number of amidine groups is 1. The summed E-state index contributed by atoms with van der Waals surface area (Å²) in [6, 6.07) is 77.2. The number of nitrogens with zero attached hydrogens (tertiary/aromatic N) is 4. The molecule has 1 atom stereocenters. The van der Waals surface area contributed by atoms with Gasteiger partial charge in [-0.05, 0) is 62.8 Å². The number of anilines is 1. The van der Waals surface area contributed by atoms with Crippen molar-refractivity contribution in [3.05, 3.63) is 218 Å². The van der Waals surface area contributed by atoms with Crippen LogP contribution in [0, 0.1) is 0 Å². The van der Waals surface area contributed by atoms with E-state index in [2.05, 4.69) is 226 Å². The van der Waals surface area contributed by atoms with Crippen molar-refractivity contribution >= 4 is 87.5 Å². The highest BCUT2D eigenvalue weighted by Crippen LogP contribution is 2.48. The summed E-state index contributed by atoms with van der Waals surface area (Å²) >= 11 is 0. The maximum Gasteiger partial charge on any atom is 0.211 e. The van der Waals surface area contributed by atoms with Gasteiger partial charge >= 0.3 is 0 Å². The van der Waals surface area contributed by atoms with E-state index >= 15 is 0 Å². The number of aromatic nitrogens is 2. The molecule has 0 radical (unpaired) electrons. The Morgan fingerprint density at radius 2 is 0.950 bits per heavy atom. The van der Waals surface area contributed by atoms with Crippen molar-refractivity contribution in [1.82, 2.24) is 9.13 Å². The Hall–Kier alpha value is -7.95. The fourth-order valence-electron chi connectivity index (χ4n) is 10.1. The molecule has 0 N–H and O–H groups in total. The number of benzene rings is 10. The molecule has 0 amide bonds. The minimum atomic E-state index is -0.359. The summed E-state index contributed by atoms with van der Waals surface area (Å²) < 4.78 is 5.02. The predicted molar refractivity (Wildman–Crippen MR) is 253 cm³/mol. The Morgan fingerprint density at radius 3 is 1.77 bits per heavy atom. The molecule has 0 bridgehead atoms. The third kappa shape index (κ3) is 4.64. The van der Waals surface area contributed by atoms with E-state index in [4.69, 9.17) is 4.99 Å². The van der Waals surface area contributed by atoms with E-state index < -0.39 is 0 Å². The molecule has 0 spiro atoms. The van der Waals surface area contributed by atoms with E-state index in [9.17, 15) is 0 Å². The van der Waals surface area contributed by atoms with Crippen LogP contribution in [0.25, 0.3) is 92.7 Å². The summed E-state index contributed by atoms with van der Waals surface area (Å²) in [6.07, 6.45) is -0.359. The van der Waals surface area contributed by atoms with Gasteiger partial charge in [-0.3, -0.25) is 4.90 Å². The molecule has 4 heteroatoms. The smallest absolute Gasteiger partial charge is 0.211 e. The van der Waals surface area contributed by atoms with Gasteiger partial charge in [0.05, 0.1) is 33.4 Å². The van der Waals surface area contributed by atoms with E-state index in [0.29, 0.717) is 0 Å². The number of aliphatic imine (C=N–C) groups is 1. The maximum atomic E-state index is 5.68. The monoisotopic (exact) mass is 764 g/mol. The van der Waals surface area contributed by atoms with E-state index in [0.717, 1.165) is 28.1 Å². The third-order valence-corrected chi connectivity index (χ3v) is 12.7. The van der Waals surface area contributed by atoms with Crippen molar-refractivity contribution < 1.29 is 0 Å². The molecule has 13 rings (SSSR count). The average Bonchev–Trinajstić information content (AvgIpc) is 3.81. The van der Waals surface area contributed by atoms with Gasteiger partial charge in [-0.2, -0.15) is 0 Å². The molecule has 1 unspecified atom stereocenters. The molecule has 3 heterocycles. The molecular weight excluding hydrogens is 729 g/mol. The topological polar surface area (TPSA) is 25.5 Å². The van der Waals surface area contributed by atoms with E-state index in [1.165, 1.54) is 81.7 Å². The average molecular weight is 765 g/mol. The van der Waals surface area contributed by atoms with Gasteiger partial charge in [0.1, 0.15) is 5.84 Å². The van der Waals surface area contributed by atoms with Gasteiger partial charge in [0.15, 0.2) is 0 Å². The highest BCUT2D eigenvalue weighted by atomic mass is 15.5. The molecule has 0 saturated carbocycles. The van der Waals surface area contributed by atoms with Crippen LogP contribution in [-0.4, -0.2) is 15.0 Å². The summed E-state index contributed by atoms with van der Waals surface area (Å²) in [5, 5.41) is 12.2. The highest BCUT2D eigenvalue weighted by molar-refractivity contribution is 6.26. The lowest BCUT2D eigenvalue weighted by Crippen LogP contribution is -2.46. The molecule has 280 valence electrons. The molecule has 0 aliphatic carbocycles. The van der Waals surface area contributed by atoms with Crippen molar-refractivity contribution in [3.63, 3.8) is 0 Å². The first kappa shape index (κ1) is 33.1. The summed E-state index contributed by atoms with van der Waals surface area (Å²) in [4.78, 5) is 8.15. The van der Waals surface area contributed by atoms with Gasteiger partial charge in [0.25, 0.3) is 0 Å². The van der Waals surface area contributed by atoms with E-state index in [1.807, 2.05) is 0 Å². The number of fused-ring (bicyclic) bond motifs is 10. The number of hydrogen-bond donors (Lipinski definition) is 0. The number of hydrogen-bond acceptors (Lipinski definition) is 2. The Kier molecular flexibility index (Phi) is 7.04. The fourth-order valence-corrected chi connectivity index (χ4v) is 10.1. The van der Waals surface area contributed by atoms with E-state index in [1.54, 1.807) is 0 Å². The first-order valence-electron chi connectivity index (χ1n) is 20.7. The molecule has 2 aromatic heterocycles. The molecule has 0 saturated heterocycles. The van der Waals surface area contributed by atoms with Crippen LogP contribution in [0.3, 0.4) is 0 Å². The third-order valence-electron chi connectivity index (χ3n) is 12.7.